The average Bonchev–Trinajstić information content (AvgIpc) is 2.90. The van der Waals surface area contributed by atoms with E-state index in [0.717, 1.165) is 49.8 Å². The molecule has 0 heterocycles. The van der Waals surface area contributed by atoms with E-state index in [9.17, 15) is 8.42 Å². The first-order chi connectivity index (χ1) is 17.4. The van der Waals surface area contributed by atoms with E-state index in [0.29, 0.717) is 4.90 Å². The summed E-state index contributed by atoms with van der Waals surface area (Å²) in [5.41, 5.74) is 6.79. The van der Waals surface area contributed by atoms with Gasteiger partial charge in [-0.25, -0.2) is 8.42 Å². The largest absolute Gasteiger partial charge is 0.269 e. The van der Waals surface area contributed by atoms with Gasteiger partial charge in [-0.3, -0.25) is 4.31 Å². The molecule has 4 rings (SSSR count). The van der Waals surface area contributed by atoms with E-state index in [2.05, 4.69) is 54.6 Å². The number of aryl methyl sites for hydroxylation is 5. The van der Waals surface area contributed by atoms with Crippen molar-refractivity contribution < 1.29 is 8.42 Å². The molecule has 0 atom stereocenters. The van der Waals surface area contributed by atoms with Crippen molar-refractivity contribution in [1.82, 2.24) is 0 Å². The van der Waals surface area contributed by atoms with Gasteiger partial charge in [0.25, 0.3) is 10.0 Å². The van der Waals surface area contributed by atoms with Gasteiger partial charge in [0, 0.05) is 7.05 Å². The van der Waals surface area contributed by atoms with E-state index >= 15 is 0 Å². The van der Waals surface area contributed by atoms with Crippen LogP contribution in [0.5, 0.6) is 0 Å². The van der Waals surface area contributed by atoms with Crippen LogP contribution in [-0.4, -0.2) is 15.5 Å². The fourth-order valence-electron chi connectivity index (χ4n) is 4.50. The van der Waals surface area contributed by atoms with Crippen molar-refractivity contribution in [3.63, 3.8) is 0 Å². The van der Waals surface area contributed by atoms with Crippen LogP contribution < -0.4 is 4.31 Å². The van der Waals surface area contributed by atoms with E-state index in [1.54, 1.807) is 19.2 Å². The monoisotopic (exact) mass is 497 g/mol. The van der Waals surface area contributed by atoms with E-state index in [1.165, 1.54) is 26.6 Å². The van der Waals surface area contributed by atoms with Crippen LogP contribution in [0.25, 0.3) is 0 Å². The lowest BCUT2D eigenvalue weighted by Crippen LogP contribution is -2.26. The molecule has 0 bridgehead atoms. The van der Waals surface area contributed by atoms with Gasteiger partial charge in [0.2, 0.25) is 0 Å². The smallest absolute Gasteiger partial charge is 0.264 e. The Morgan fingerprint density at radius 2 is 1.03 bits per heavy atom. The number of anilines is 1. The van der Waals surface area contributed by atoms with Gasteiger partial charge < -0.3 is 0 Å². The molecule has 36 heavy (non-hydrogen) atoms. The Labute approximate surface area is 216 Å². The van der Waals surface area contributed by atoms with Gasteiger partial charge in [0.15, 0.2) is 0 Å². The molecule has 0 spiro atoms. The van der Waals surface area contributed by atoms with Crippen LogP contribution in [-0.2, 0) is 35.7 Å². The normalized spacial score (nSPS) is 11.4. The summed E-state index contributed by atoms with van der Waals surface area (Å²) in [7, 11) is -1.98. The van der Waals surface area contributed by atoms with Crippen molar-refractivity contribution in [2.45, 2.75) is 50.3 Å². The number of rotatable bonds is 11. The maximum Gasteiger partial charge on any atom is 0.264 e. The lowest BCUT2D eigenvalue weighted by molar-refractivity contribution is 0.594. The van der Waals surface area contributed by atoms with E-state index in [-0.39, 0.29) is 0 Å². The highest BCUT2D eigenvalue weighted by Crippen LogP contribution is 2.26. The molecule has 0 saturated carbocycles. The summed E-state index contributed by atoms with van der Waals surface area (Å²) in [6.07, 6.45) is 5.87. The molecule has 0 fully saturated rings. The Morgan fingerprint density at radius 3 is 1.50 bits per heavy atom. The predicted molar refractivity (Wildman–Crippen MR) is 150 cm³/mol. The number of hydrogen-bond acceptors (Lipinski definition) is 2. The van der Waals surface area contributed by atoms with Crippen LogP contribution in [0, 0.1) is 6.92 Å². The third-order valence-corrected chi connectivity index (χ3v) is 8.43. The molecule has 4 heteroatoms. The third-order valence-electron chi connectivity index (χ3n) is 6.63. The minimum atomic E-state index is -3.64. The first-order valence-corrected chi connectivity index (χ1v) is 14.1. The van der Waals surface area contributed by atoms with Gasteiger partial charge in [-0.15, -0.1) is 0 Å². The molecule has 0 radical (unpaired) electrons. The molecule has 0 aliphatic rings. The highest BCUT2D eigenvalue weighted by molar-refractivity contribution is 7.92. The minimum Gasteiger partial charge on any atom is -0.269 e. The molecule has 0 aliphatic heterocycles. The summed E-state index contributed by atoms with van der Waals surface area (Å²) in [5, 5.41) is 0. The summed E-state index contributed by atoms with van der Waals surface area (Å²) in [5.74, 6) is 0. The van der Waals surface area contributed by atoms with Gasteiger partial charge in [-0.2, -0.15) is 0 Å². The van der Waals surface area contributed by atoms with Gasteiger partial charge >= 0.3 is 0 Å². The van der Waals surface area contributed by atoms with Gasteiger partial charge in [-0.1, -0.05) is 84.4 Å². The molecule has 0 aromatic heterocycles. The summed E-state index contributed by atoms with van der Waals surface area (Å²) >= 11 is 0. The molecule has 0 aliphatic carbocycles. The lowest BCUT2D eigenvalue weighted by atomic mass is 9.98. The minimum absolute atomic E-state index is 0.315. The molecule has 0 N–H and O–H groups in total. The molecular weight excluding hydrogens is 462 g/mol. The average molecular weight is 498 g/mol. The number of benzene rings is 4. The molecule has 0 saturated heterocycles. The predicted octanol–water partition coefficient (Wildman–Crippen LogP) is 7.17. The van der Waals surface area contributed by atoms with Crippen molar-refractivity contribution in [3.05, 3.63) is 131 Å². The molecule has 4 aromatic carbocycles. The third kappa shape index (κ3) is 6.86. The van der Waals surface area contributed by atoms with Crippen LogP contribution in [0.15, 0.2) is 108 Å². The van der Waals surface area contributed by atoms with Crippen LogP contribution >= 0.6 is 0 Å². The van der Waals surface area contributed by atoms with E-state index in [4.69, 9.17) is 0 Å². The quantitative estimate of drug-likeness (QED) is 0.220. The number of sulfonamides is 1. The molecule has 186 valence electrons. The standard InChI is InChI=1S/C32H35NO2S/c1-26-19-21-32(22-20-26)36(34,35)33(2)31-24-29(17-9-15-27-11-5-3-6-12-27)23-30(25-31)18-10-16-28-13-7-4-8-14-28/h3-8,11-14,19-25H,9-10,15-18H2,1-2H3. The SMILES string of the molecule is Cc1ccc(S(=O)(=O)N(C)c2cc(CCCc3ccccc3)cc(CCCc3ccccc3)c2)cc1. The van der Waals surface area contributed by atoms with Crippen LogP contribution in [0.1, 0.15) is 40.7 Å². The van der Waals surface area contributed by atoms with Gasteiger partial charge in [0.05, 0.1) is 10.6 Å². The Balaban J connectivity index is 1.54. The molecular formula is C32H35NO2S. The van der Waals surface area contributed by atoms with Crippen molar-refractivity contribution in [2.24, 2.45) is 0 Å². The van der Waals surface area contributed by atoms with E-state index < -0.39 is 10.0 Å². The Bertz CT molecular complexity index is 1280. The molecule has 4 aromatic rings. The van der Waals surface area contributed by atoms with Crippen LogP contribution in [0.4, 0.5) is 5.69 Å². The number of hydrogen-bond donors (Lipinski definition) is 0. The second-order valence-corrected chi connectivity index (χ2v) is 11.4. The first-order valence-electron chi connectivity index (χ1n) is 12.7. The summed E-state index contributed by atoms with van der Waals surface area (Å²) < 4.78 is 28.2. The second-order valence-electron chi connectivity index (χ2n) is 9.47. The molecule has 0 amide bonds. The summed E-state index contributed by atoms with van der Waals surface area (Å²) in [6, 6.07) is 34.4. The van der Waals surface area contributed by atoms with Crippen LogP contribution in [0.3, 0.4) is 0 Å². The van der Waals surface area contributed by atoms with Crippen LogP contribution in [0.2, 0.25) is 0 Å². The second kappa shape index (κ2) is 12.0. The summed E-state index contributed by atoms with van der Waals surface area (Å²) in [4.78, 5) is 0.315. The van der Waals surface area contributed by atoms with Crippen molar-refractivity contribution in [3.8, 4) is 0 Å². The molecule has 3 nitrogen and oxygen atoms in total. The lowest BCUT2D eigenvalue weighted by Gasteiger charge is -2.22. The summed E-state index contributed by atoms with van der Waals surface area (Å²) in [6.45, 7) is 1.96. The Morgan fingerprint density at radius 1 is 0.583 bits per heavy atom. The topological polar surface area (TPSA) is 37.4 Å². The fraction of sp³-hybridized carbons (Fsp3) is 0.250. The van der Waals surface area contributed by atoms with Gasteiger partial charge in [0.1, 0.15) is 0 Å². The zero-order valence-electron chi connectivity index (χ0n) is 21.2. The maximum atomic E-state index is 13.4. The highest BCUT2D eigenvalue weighted by Gasteiger charge is 2.22. The van der Waals surface area contributed by atoms with Crippen molar-refractivity contribution in [1.29, 1.82) is 0 Å². The zero-order chi connectivity index (χ0) is 25.4. The van der Waals surface area contributed by atoms with Gasteiger partial charge in [-0.05, 0) is 92.0 Å². The molecule has 0 unspecified atom stereocenters. The maximum absolute atomic E-state index is 13.4. The van der Waals surface area contributed by atoms with E-state index in [1.807, 2.05) is 43.3 Å². The fourth-order valence-corrected chi connectivity index (χ4v) is 5.68. The Kier molecular flexibility index (Phi) is 8.61. The first kappa shape index (κ1) is 25.7. The zero-order valence-corrected chi connectivity index (χ0v) is 22.0. The van der Waals surface area contributed by atoms with Crippen molar-refractivity contribution >= 4 is 15.7 Å². The highest BCUT2D eigenvalue weighted by atomic mass is 32.2. The van der Waals surface area contributed by atoms with Crippen molar-refractivity contribution in [2.75, 3.05) is 11.4 Å². The number of nitrogens with zero attached hydrogens (tertiary/aromatic N) is 1. The Hall–Kier alpha value is -3.37.